The fourth-order valence-electron chi connectivity index (χ4n) is 1.96. The first-order chi connectivity index (χ1) is 6.27. The molecular weight excluding hydrogens is 216 g/mol. The summed E-state index contributed by atoms with van der Waals surface area (Å²) in [5, 5.41) is 4.22. The van der Waals surface area contributed by atoms with Gasteiger partial charge in [-0.1, -0.05) is 13.8 Å². The Bertz CT molecular complexity index is 174. The molecule has 0 saturated carbocycles. The molecule has 2 heterocycles. The highest BCUT2D eigenvalue weighted by atomic mass is 35.5. The van der Waals surface area contributed by atoms with Gasteiger partial charge in [0.1, 0.15) is 0 Å². The molecule has 2 aliphatic rings. The number of rotatable bonds is 2. The van der Waals surface area contributed by atoms with Gasteiger partial charge in [0.25, 0.3) is 0 Å². The standard InChI is InChI=1S/C10H20N2S.ClH/c1-8(2)10-7-12(3-4-13-10)9-5-11-6-9;/h8-11H,3-7H2,1-2H3;1H. The van der Waals surface area contributed by atoms with Gasteiger partial charge in [-0.15, -0.1) is 12.4 Å². The van der Waals surface area contributed by atoms with E-state index in [9.17, 15) is 0 Å². The van der Waals surface area contributed by atoms with Crippen molar-refractivity contribution in [1.29, 1.82) is 0 Å². The minimum absolute atomic E-state index is 0. The van der Waals surface area contributed by atoms with Gasteiger partial charge in [-0.2, -0.15) is 11.8 Å². The van der Waals surface area contributed by atoms with Crippen LogP contribution in [0.3, 0.4) is 0 Å². The lowest BCUT2D eigenvalue weighted by atomic mass is 10.1. The maximum atomic E-state index is 3.35. The molecule has 1 N–H and O–H groups in total. The summed E-state index contributed by atoms with van der Waals surface area (Å²) in [5.74, 6) is 2.17. The van der Waals surface area contributed by atoms with Crippen LogP contribution in [-0.2, 0) is 0 Å². The topological polar surface area (TPSA) is 15.3 Å². The van der Waals surface area contributed by atoms with Gasteiger partial charge in [0.05, 0.1) is 0 Å². The van der Waals surface area contributed by atoms with E-state index in [2.05, 4.69) is 35.8 Å². The van der Waals surface area contributed by atoms with Crippen LogP contribution >= 0.6 is 24.2 Å². The van der Waals surface area contributed by atoms with Crippen LogP contribution in [0.15, 0.2) is 0 Å². The molecule has 0 aliphatic carbocycles. The van der Waals surface area contributed by atoms with Crippen molar-refractivity contribution in [1.82, 2.24) is 10.2 Å². The third-order valence-corrected chi connectivity index (χ3v) is 4.68. The van der Waals surface area contributed by atoms with Gasteiger partial charge in [-0.05, 0) is 5.92 Å². The summed E-state index contributed by atoms with van der Waals surface area (Å²) in [7, 11) is 0. The summed E-state index contributed by atoms with van der Waals surface area (Å²) >= 11 is 2.16. The van der Waals surface area contributed by atoms with Gasteiger partial charge in [0, 0.05) is 43.2 Å². The summed E-state index contributed by atoms with van der Waals surface area (Å²) < 4.78 is 0. The summed E-state index contributed by atoms with van der Waals surface area (Å²) in [6.45, 7) is 9.75. The third kappa shape index (κ3) is 2.78. The zero-order chi connectivity index (χ0) is 9.26. The maximum Gasteiger partial charge on any atom is 0.0346 e. The van der Waals surface area contributed by atoms with Crippen LogP contribution in [-0.4, -0.2) is 48.1 Å². The first-order valence-electron chi connectivity index (χ1n) is 5.33. The lowest BCUT2D eigenvalue weighted by Crippen LogP contribution is -2.60. The number of halogens is 1. The number of thioether (sulfide) groups is 1. The lowest BCUT2D eigenvalue weighted by Gasteiger charge is -2.43. The molecule has 1 atom stereocenters. The summed E-state index contributed by atoms with van der Waals surface area (Å²) in [4.78, 5) is 2.68. The predicted molar refractivity (Wildman–Crippen MR) is 66.6 cm³/mol. The van der Waals surface area contributed by atoms with Crippen molar-refractivity contribution in [3.8, 4) is 0 Å². The molecule has 0 radical (unpaired) electrons. The van der Waals surface area contributed by atoms with Crippen LogP contribution < -0.4 is 5.32 Å². The second-order valence-electron chi connectivity index (χ2n) is 4.46. The molecule has 2 aliphatic heterocycles. The van der Waals surface area contributed by atoms with Crippen molar-refractivity contribution in [2.45, 2.75) is 25.1 Å². The summed E-state index contributed by atoms with van der Waals surface area (Å²) in [5.41, 5.74) is 0. The fraction of sp³-hybridized carbons (Fsp3) is 1.00. The van der Waals surface area contributed by atoms with Gasteiger partial charge in [0.2, 0.25) is 0 Å². The second kappa shape index (κ2) is 5.59. The van der Waals surface area contributed by atoms with E-state index in [1.807, 2.05) is 0 Å². The van der Waals surface area contributed by atoms with Crippen LogP contribution in [0, 0.1) is 5.92 Å². The van der Waals surface area contributed by atoms with E-state index in [0.29, 0.717) is 0 Å². The fourth-order valence-corrected chi connectivity index (χ4v) is 3.29. The van der Waals surface area contributed by atoms with Gasteiger partial charge in [0.15, 0.2) is 0 Å². The molecule has 0 aromatic heterocycles. The summed E-state index contributed by atoms with van der Waals surface area (Å²) in [6.07, 6.45) is 0. The number of hydrogen-bond donors (Lipinski definition) is 1. The van der Waals surface area contributed by atoms with Crippen LogP contribution in [0.4, 0.5) is 0 Å². The van der Waals surface area contributed by atoms with Crippen molar-refractivity contribution in [3.05, 3.63) is 0 Å². The molecule has 0 bridgehead atoms. The normalized spacial score (nSPS) is 29.8. The molecule has 0 aromatic carbocycles. The van der Waals surface area contributed by atoms with E-state index in [0.717, 1.165) is 17.2 Å². The molecule has 2 fully saturated rings. The molecule has 1 unspecified atom stereocenters. The van der Waals surface area contributed by atoms with E-state index in [1.165, 1.54) is 31.9 Å². The predicted octanol–water partition coefficient (Wildman–Crippen LogP) is 1.45. The third-order valence-electron chi connectivity index (χ3n) is 3.14. The monoisotopic (exact) mass is 236 g/mol. The van der Waals surface area contributed by atoms with E-state index in [1.54, 1.807) is 0 Å². The van der Waals surface area contributed by atoms with Gasteiger partial charge >= 0.3 is 0 Å². The number of nitrogens with one attached hydrogen (secondary N) is 1. The van der Waals surface area contributed by atoms with Crippen molar-refractivity contribution in [2.75, 3.05) is 31.9 Å². The molecule has 0 spiro atoms. The highest BCUT2D eigenvalue weighted by Crippen LogP contribution is 2.26. The molecule has 4 heteroatoms. The Balaban J connectivity index is 0.000000980. The van der Waals surface area contributed by atoms with Crippen LogP contribution in [0.1, 0.15) is 13.8 Å². The zero-order valence-electron chi connectivity index (χ0n) is 9.03. The Kier molecular flexibility index (Phi) is 5.04. The molecular formula is C10H21ClN2S. The highest BCUT2D eigenvalue weighted by molar-refractivity contribution is 8.00. The Labute approximate surface area is 97.6 Å². The summed E-state index contributed by atoms with van der Waals surface area (Å²) in [6, 6.07) is 0.849. The first kappa shape index (κ1) is 12.6. The van der Waals surface area contributed by atoms with Gasteiger partial charge in [-0.25, -0.2) is 0 Å². The average Bonchev–Trinajstić information content (AvgIpc) is 2.01. The van der Waals surface area contributed by atoms with Gasteiger partial charge in [-0.3, -0.25) is 4.90 Å². The minimum Gasteiger partial charge on any atom is -0.314 e. The van der Waals surface area contributed by atoms with Crippen LogP contribution in [0.25, 0.3) is 0 Å². The van der Waals surface area contributed by atoms with E-state index < -0.39 is 0 Å². The average molecular weight is 237 g/mol. The SMILES string of the molecule is CC(C)C1CN(C2CNC2)CCS1.Cl. The highest BCUT2D eigenvalue weighted by Gasteiger charge is 2.30. The molecule has 0 aromatic rings. The van der Waals surface area contributed by atoms with Crippen LogP contribution in [0.5, 0.6) is 0 Å². The number of nitrogens with zero attached hydrogens (tertiary/aromatic N) is 1. The smallest absolute Gasteiger partial charge is 0.0346 e. The first-order valence-corrected chi connectivity index (χ1v) is 6.38. The Morgan fingerprint density at radius 1 is 1.36 bits per heavy atom. The largest absolute Gasteiger partial charge is 0.314 e. The van der Waals surface area contributed by atoms with Crippen molar-refractivity contribution in [2.24, 2.45) is 5.92 Å². The number of hydrogen-bond acceptors (Lipinski definition) is 3. The molecule has 2 saturated heterocycles. The van der Waals surface area contributed by atoms with Crippen molar-refractivity contribution < 1.29 is 0 Å². The minimum atomic E-state index is 0. The molecule has 2 nitrogen and oxygen atoms in total. The zero-order valence-corrected chi connectivity index (χ0v) is 10.7. The van der Waals surface area contributed by atoms with Gasteiger partial charge < -0.3 is 5.32 Å². The molecule has 0 amide bonds. The Morgan fingerprint density at radius 3 is 2.57 bits per heavy atom. The van der Waals surface area contributed by atoms with E-state index in [-0.39, 0.29) is 12.4 Å². The van der Waals surface area contributed by atoms with Crippen molar-refractivity contribution >= 4 is 24.2 Å². The molecule has 84 valence electrons. The molecule has 2 rings (SSSR count). The Hall–Kier alpha value is 0.560. The maximum absolute atomic E-state index is 3.35. The lowest BCUT2D eigenvalue weighted by molar-refractivity contribution is 0.145. The molecule has 14 heavy (non-hydrogen) atoms. The van der Waals surface area contributed by atoms with E-state index >= 15 is 0 Å². The van der Waals surface area contributed by atoms with Crippen molar-refractivity contribution in [3.63, 3.8) is 0 Å². The van der Waals surface area contributed by atoms with E-state index in [4.69, 9.17) is 0 Å². The van der Waals surface area contributed by atoms with Crippen LogP contribution in [0.2, 0.25) is 0 Å². The Morgan fingerprint density at radius 2 is 2.07 bits per heavy atom. The quantitative estimate of drug-likeness (QED) is 0.782. The second-order valence-corrected chi connectivity index (χ2v) is 5.81.